The molecule has 4 rings (SSSR count). The second-order valence-electron chi connectivity index (χ2n) is 12.0. The van der Waals surface area contributed by atoms with E-state index in [1.807, 2.05) is 24.3 Å². The van der Waals surface area contributed by atoms with Crippen LogP contribution in [0.4, 0.5) is 5.69 Å². The van der Waals surface area contributed by atoms with E-state index in [0.29, 0.717) is 39.2 Å². The maximum Gasteiger partial charge on any atom is 0.239 e. The first-order valence-electron chi connectivity index (χ1n) is 15.2. The van der Waals surface area contributed by atoms with Gasteiger partial charge in [0.25, 0.3) is 0 Å². The Bertz CT molecular complexity index is 1170. The number of nitrogens with two attached hydrogens (primary N) is 1. The Kier molecular flexibility index (Phi) is 11.7. The number of aliphatic hydroxyl groups is 1. The summed E-state index contributed by atoms with van der Waals surface area (Å²) in [4.78, 5) is 17.5. The molecule has 10 nitrogen and oxygen atoms in total. The highest BCUT2D eigenvalue weighted by atomic mass is 16.5. The zero-order valence-corrected chi connectivity index (χ0v) is 26.3. The van der Waals surface area contributed by atoms with Crippen molar-refractivity contribution < 1.29 is 33.6 Å². The maximum absolute atomic E-state index is 13.4. The number of rotatable bonds is 14. The number of hydrogen-bond acceptors (Lipinski definition) is 9. The molecule has 0 aliphatic carbocycles. The molecule has 2 aromatic carbocycles. The van der Waals surface area contributed by atoms with E-state index in [9.17, 15) is 9.90 Å². The van der Waals surface area contributed by atoms with Gasteiger partial charge in [-0.15, -0.1) is 0 Å². The highest BCUT2D eigenvalue weighted by molar-refractivity contribution is 5.81. The molecular formula is C33H49N3O7. The molecule has 0 aromatic heterocycles. The Labute approximate surface area is 256 Å². The van der Waals surface area contributed by atoms with Crippen molar-refractivity contribution in [2.45, 2.75) is 69.4 Å². The van der Waals surface area contributed by atoms with E-state index in [1.165, 1.54) is 0 Å². The monoisotopic (exact) mass is 599 g/mol. The van der Waals surface area contributed by atoms with Gasteiger partial charge in [-0.2, -0.15) is 0 Å². The molecule has 2 aliphatic heterocycles. The van der Waals surface area contributed by atoms with Crippen LogP contribution in [0.15, 0.2) is 42.5 Å². The van der Waals surface area contributed by atoms with Crippen molar-refractivity contribution in [2.75, 3.05) is 65.7 Å². The Morgan fingerprint density at radius 2 is 1.93 bits per heavy atom. The van der Waals surface area contributed by atoms with Crippen LogP contribution in [-0.4, -0.2) is 100 Å². The van der Waals surface area contributed by atoms with Crippen molar-refractivity contribution in [3.63, 3.8) is 0 Å². The number of likely N-dealkylation sites (tertiary alicyclic amines) is 1. The van der Waals surface area contributed by atoms with Gasteiger partial charge in [-0.3, -0.25) is 4.79 Å². The van der Waals surface area contributed by atoms with Crippen LogP contribution in [0, 0.1) is 0 Å². The normalized spacial score (nSPS) is 22.3. The zero-order valence-electron chi connectivity index (χ0n) is 26.3. The number of fused-ring (bicyclic) bond motifs is 1. The van der Waals surface area contributed by atoms with E-state index >= 15 is 0 Å². The van der Waals surface area contributed by atoms with Crippen molar-refractivity contribution >= 4 is 11.6 Å². The van der Waals surface area contributed by atoms with Crippen molar-refractivity contribution in [2.24, 2.45) is 5.73 Å². The fourth-order valence-corrected chi connectivity index (χ4v) is 6.26. The molecule has 43 heavy (non-hydrogen) atoms. The van der Waals surface area contributed by atoms with Gasteiger partial charge in [0.05, 0.1) is 50.3 Å². The van der Waals surface area contributed by atoms with Crippen LogP contribution < -0.4 is 20.1 Å². The first-order chi connectivity index (χ1) is 20.7. The molecule has 3 N–H and O–H groups in total. The van der Waals surface area contributed by atoms with E-state index in [1.54, 1.807) is 40.1 Å². The van der Waals surface area contributed by atoms with Gasteiger partial charge in [-0.1, -0.05) is 18.2 Å². The molecule has 0 bridgehead atoms. The number of nitrogens with zero attached hydrogens (tertiary/aromatic N) is 2. The van der Waals surface area contributed by atoms with Crippen LogP contribution in [0.3, 0.4) is 0 Å². The summed E-state index contributed by atoms with van der Waals surface area (Å²) in [6.45, 7) is 7.43. The highest BCUT2D eigenvalue weighted by Gasteiger charge is 2.42. The van der Waals surface area contributed by atoms with Gasteiger partial charge in [-0.05, 0) is 68.5 Å². The lowest BCUT2D eigenvalue weighted by Crippen LogP contribution is -2.57. The fraction of sp³-hybridized carbons (Fsp3) is 0.606. The summed E-state index contributed by atoms with van der Waals surface area (Å²) in [5.74, 6) is 1.48. The van der Waals surface area contributed by atoms with Gasteiger partial charge in [0, 0.05) is 45.9 Å². The molecule has 2 heterocycles. The third kappa shape index (κ3) is 8.61. The summed E-state index contributed by atoms with van der Waals surface area (Å²) >= 11 is 0. The van der Waals surface area contributed by atoms with Gasteiger partial charge in [0.1, 0.15) is 18.1 Å². The summed E-state index contributed by atoms with van der Waals surface area (Å²) in [6.07, 6.45) is 1.62. The number of piperidine rings is 1. The number of ether oxygens (including phenoxy) is 5. The minimum Gasteiger partial charge on any atom is -0.497 e. The Morgan fingerprint density at radius 1 is 1.16 bits per heavy atom. The first kappa shape index (κ1) is 33.0. The van der Waals surface area contributed by atoms with Crippen molar-refractivity contribution in [1.82, 2.24) is 4.90 Å². The predicted octanol–water partition coefficient (Wildman–Crippen LogP) is 3.34. The number of hydrogen-bond donors (Lipinski definition) is 2. The number of amides is 1. The van der Waals surface area contributed by atoms with Crippen molar-refractivity contribution in [3.05, 3.63) is 53.6 Å². The lowest BCUT2D eigenvalue weighted by molar-refractivity contribution is -0.145. The number of anilines is 1. The van der Waals surface area contributed by atoms with Crippen LogP contribution in [0.25, 0.3) is 0 Å². The molecule has 1 fully saturated rings. The average Bonchev–Trinajstić information content (AvgIpc) is 2.99. The lowest BCUT2D eigenvalue weighted by Gasteiger charge is -2.46. The largest absolute Gasteiger partial charge is 0.497 e. The lowest BCUT2D eigenvalue weighted by atomic mass is 9.79. The maximum atomic E-state index is 13.4. The number of carbonyl (C=O) groups is 1. The third-order valence-electron chi connectivity index (χ3n) is 8.36. The molecule has 2 unspecified atom stereocenters. The molecule has 1 saturated heterocycles. The van der Waals surface area contributed by atoms with Crippen LogP contribution in [-0.2, 0) is 25.6 Å². The summed E-state index contributed by atoms with van der Waals surface area (Å²) in [6, 6.07) is 13.3. The quantitative estimate of drug-likeness (QED) is 0.316. The molecule has 0 saturated carbocycles. The van der Waals surface area contributed by atoms with Gasteiger partial charge >= 0.3 is 0 Å². The number of carbonyl (C=O) groups excluding carboxylic acids is 1. The summed E-state index contributed by atoms with van der Waals surface area (Å²) in [7, 11) is 4.94. The number of benzene rings is 2. The summed E-state index contributed by atoms with van der Waals surface area (Å²) in [5.41, 5.74) is 8.19. The second kappa shape index (κ2) is 15.2. The molecule has 0 radical (unpaired) electrons. The molecule has 2 aromatic rings. The first-order valence-corrected chi connectivity index (χ1v) is 15.2. The summed E-state index contributed by atoms with van der Waals surface area (Å²) in [5, 5.41) is 11.1. The van der Waals surface area contributed by atoms with E-state index in [4.69, 9.17) is 29.4 Å². The molecule has 0 spiro atoms. The predicted molar refractivity (Wildman–Crippen MR) is 166 cm³/mol. The standard InChI is InChI=1S/C33H49N3O7/c1-23(34)32(37)36-20-31(43-21-24-7-12-30-29(17-24)35(14-16-42-30)13-6-15-39-3)28(25-8-10-27(41-5)11-9-25)18-26(36)19-33(2,38)22-40-4/h7-12,17,23,26,28,31,38H,6,13-16,18-22,34H2,1-5H3/t23?,26-,28-,31+,33?/m1/s1. The van der Waals surface area contributed by atoms with Crippen LogP contribution in [0.2, 0.25) is 0 Å². The topological polar surface area (TPSA) is 116 Å². The van der Waals surface area contributed by atoms with Gasteiger partial charge in [0.15, 0.2) is 0 Å². The van der Waals surface area contributed by atoms with Gasteiger partial charge in [0.2, 0.25) is 5.91 Å². The molecule has 1 amide bonds. The number of methoxy groups -OCH3 is 3. The van der Waals surface area contributed by atoms with Gasteiger partial charge in [-0.25, -0.2) is 0 Å². The minimum absolute atomic E-state index is 0.0158. The van der Waals surface area contributed by atoms with Crippen LogP contribution in [0.5, 0.6) is 11.5 Å². The van der Waals surface area contributed by atoms with Crippen molar-refractivity contribution in [3.8, 4) is 11.5 Å². The van der Waals surface area contributed by atoms with E-state index in [2.05, 4.69) is 23.1 Å². The van der Waals surface area contributed by atoms with Crippen LogP contribution >= 0.6 is 0 Å². The van der Waals surface area contributed by atoms with Crippen LogP contribution in [0.1, 0.15) is 50.2 Å². The highest BCUT2D eigenvalue weighted by Crippen LogP contribution is 2.39. The second-order valence-corrected chi connectivity index (χ2v) is 12.0. The van der Waals surface area contributed by atoms with Crippen molar-refractivity contribution in [1.29, 1.82) is 0 Å². The molecular weight excluding hydrogens is 550 g/mol. The molecule has 5 atom stereocenters. The Balaban J connectivity index is 1.59. The average molecular weight is 600 g/mol. The minimum atomic E-state index is -1.10. The zero-order chi connectivity index (χ0) is 31.0. The van der Waals surface area contributed by atoms with E-state index in [0.717, 1.165) is 47.8 Å². The fourth-order valence-electron chi connectivity index (χ4n) is 6.26. The Hall–Kier alpha value is -2.89. The molecule has 10 heteroatoms. The summed E-state index contributed by atoms with van der Waals surface area (Å²) < 4.78 is 28.5. The van der Waals surface area contributed by atoms with Gasteiger partial charge < -0.3 is 44.3 Å². The van der Waals surface area contributed by atoms with E-state index < -0.39 is 11.6 Å². The smallest absolute Gasteiger partial charge is 0.239 e. The molecule has 2 aliphatic rings. The SMILES string of the molecule is COCCCN1CCOc2ccc(CO[C@H]3CN(C(=O)C(C)N)[C@@H](CC(C)(O)COC)C[C@@H]3c3ccc(OC)cc3)cc21. The molecule has 238 valence electrons. The Morgan fingerprint density at radius 3 is 2.60 bits per heavy atom. The van der Waals surface area contributed by atoms with E-state index in [-0.39, 0.29) is 30.6 Å². The third-order valence-corrected chi connectivity index (χ3v) is 8.36.